The SMILES string of the molecule is CCCCN(C)c1nc(NCCC)ncc1[N+](=O)[O-]. The largest absolute Gasteiger partial charge is 0.354 e. The maximum atomic E-state index is 11.0. The van der Waals surface area contributed by atoms with Crippen molar-refractivity contribution >= 4 is 17.5 Å². The highest BCUT2D eigenvalue weighted by Crippen LogP contribution is 2.25. The van der Waals surface area contributed by atoms with Gasteiger partial charge in [-0.25, -0.2) is 4.98 Å². The van der Waals surface area contributed by atoms with Crippen LogP contribution in [0.4, 0.5) is 17.5 Å². The molecule has 0 fully saturated rings. The van der Waals surface area contributed by atoms with E-state index in [1.807, 2.05) is 14.0 Å². The van der Waals surface area contributed by atoms with Crippen molar-refractivity contribution in [3.63, 3.8) is 0 Å². The normalized spacial score (nSPS) is 10.3. The summed E-state index contributed by atoms with van der Waals surface area (Å²) in [5.74, 6) is 0.804. The first-order valence-corrected chi connectivity index (χ1v) is 6.56. The number of anilines is 2. The van der Waals surface area contributed by atoms with Gasteiger partial charge < -0.3 is 10.2 Å². The minimum atomic E-state index is -0.443. The fraction of sp³-hybridized carbons (Fsp3) is 0.667. The van der Waals surface area contributed by atoms with Crippen LogP contribution in [0.5, 0.6) is 0 Å². The molecule has 1 heterocycles. The lowest BCUT2D eigenvalue weighted by Gasteiger charge is -2.18. The number of nitrogens with one attached hydrogen (secondary N) is 1. The monoisotopic (exact) mass is 267 g/mol. The number of nitrogens with zero attached hydrogens (tertiary/aromatic N) is 4. The van der Waals surface area contributed by atoms with E-state index in [1.165, 1.54) is 6.20 Å². The second kappa shape index (κ2) is 7.50. The second-order valence-corrected chi connectivity index (χ2v) is 4.36. The molecule has 1 rings (SSSR count). The molecule has 1 aromatic heterocycles. The predicted octanol–water partition coefficient (Wildman–Crippen LogP) is 2.44. The zero-order chi connectivity index (χ0) is 14.3. The molecular weight excluding hydrogens is 246 g/mol. The number of nitro groups is 1. The number of hydrogen-bond donors (Lipinski definition) is 1. The predicted molar refractivity (Wildman–Crippen MR) is 75.6 cm³/mol. The number of unbranched alkanes of at least 4 members (excludes halogenated alkanes) is 1. The van der Waals surface area contributed by atoms with Gasteiger partial charge in [0.15, 0.2) is 0 Å². The third-order valence-corrected chi connectivity index (χ3v) is 2.69. The summed E-state index contributed by atoms with van der Waals surface area (Å²) < 4.78 is 0. The summed E-state index contributed by atoms with van der Waals surface area (Å²) in [6, 6.07) is 0. The molecule has 0 saturated heterocycles. The Morgan fingerprint density at radius 1 is 1.42 bits per heavy atom. The molecule has 0 amide bonds. The van der Waals surface area contributed by atoms with E-state index in [9.17, 15) is 10.1 Å². The average molecular weight is 267 g/mol. The van der Waals surface area contributed by atoms with Gasteiger partial charge in [-0.05, 0) is 12.8 Å². The lowest BCUT2D eigenvalue weighted by atomic mass is 10.3. The van der Waals surface area contributed by atoms with E-state index in [4.69, 9.17) is 0 Å². The van der Waals surface area contributed by atoms with Crippen LogP contribution in [0.25, 0.3) is 0 Å². The van der Waals surface area contributed by atoms with Gasteiger partial charge in [0.1, 0.15) is 6.20 Å². The van der Waals surface area contributed by atoms with Crippen molar-refractivity contribution in [2.45, 2.75) is 33.1 Å². The van der Waals surface area contributed by atoms with Gasteiger partial charge in [0.05, 0.1) is 4.92 Å². The second-order valence-electron chi connectivity index (χ2n) is 4.36. The van der Waals surface area contributed by atoms with Gasteiger partial charge in [-0.2, -0.15) is 4.98 Å². The van der Waals surface area contributed by atoms with Crippen molar-refractivity contribution in [1.29, 1.82) is 0 Å². The topological polar surface area (TPSA) is 84.2 Å². The summed E-state index contributed by atoms with van der Waals surface area (Å²) >= 11 is 0. The minimum Gasteiger partial charge on any atom is -0.354 e. The first-order chi connectivity index (χ1) is 9.10. The van der Waals surface area contributed by atoms with E-state index in [0.29, 0.717) is 11.8 Å². The zero-order valence-corrected chi connectivity index (χ0v) is 11.7. The highest BCUT2D eigenvalue weighted by Gasteiger charge is 2.20. The quantitative estimate of drug-likeness (QED) is 0.575. The lowest BCUT2D eigenvalue weighted by molar-refractivity contribution is -0.384. The summed E-state index contributed by atoms with van der Waals surface area (Å²) in [5.41, 5.74) is -0.0550. The molecule has 19 heavy (non-hydrogen) atoms. The lowest BCUT2D eigenvalue weighted by Crippen LogP contribution is -2.21. The van der Waals surface area contributed by atoms with E-state index < -0.39 is 4.92 Å². The smallest absolute Gasteiger partial charge is 0.329 e. The first kappa shape index (κ1) is 15.1. The van der Waals surface area contributed by atoms with Gasteiger partial charge >= 0.3 is 5.69 Å². The van der Waals surface area contributed by atoms with Gasteiger partial charge in [0.25, 0.3) is 0 Å². The fourth-order valence-electron chi connectivity index (χ4n) is 1.60. The Morgan fingerprint density at radius 3 is 2.74 bits per heavy atom. The summed E-state index contributed by atoms with van der Waals surface area (Å²) in [7, 11) is 1.81. The molecule has 0 aliphatic carbocycles. The van der Waals surface area contributed by atoms with Crippen molar-refractivity contribution in [2.24, 2.45) is 0 Å². The molecule has 0 atom stereocenters. The highest BCUT2D eigenvalue weighted by atomic mass is 16.6. The number of hydrogen-bond acceptors (Lipinski definition) is 6. The standard InChI is InChI=1S/C12H21N5O2/c1-4-6-8-16(3)11-10(17(18)19)9-14-12(15-11)13-7-5-2/h9H,4-8H2,1-3H3,(H,13,14,15). The van der Waals surface area contributed by atoms with Crippen LogP contribution < -0.4 is 10.2 Å². The minimum absolute atomic E-state index is 0.0550. The molecule has 7 heteroatoms. The van der Waals surface area contributed by atoms with Crippen molar-refractivity contribution in [3.05, 3.63) is 16.3 Å². The molecule has 0 radical (unpaired) electrons. The van der Waals surface area contributed by atoms with E-state index in [-0.39, 0.29) is 5.69 Å². The molecule has 0 unspecified atom stereocenters. The molecule has 106 valence electrons. The Kier molecular flexibility index (Phi) is 5.98. The summed E-state index contributed by atoms with van der Waals surface area (Å²) in [4.78, 5) is 20.6. The fourth-order valence-corrected chi connectivity index (χ4v) is 1.60. The third-order valence-electron chi connectivity index (χ3n) is 2.69. The highest BCUT2D eigenvalue weighted by molar-refractivity contribution is 5.58. The molecular formula is C12H21N5O2. The van der Waals surface area contributed by atoms with Crippen LogP contribution >= 0.6 is 0 Å². The van der Waals surface area contributed by atoms with Gasteiger partial charge in [-0.1, -0.05) is 20.3 Å². The Hall–Kier alpha value is -1.92. The number of aromatic nitrogens is 2. The van der Waals surface area contributed by atoms with Crippen LogP contribution in [0.3, 0.4) is 0 Å². The van der Waals surface area contributed by atoms with Gasteiger partial charge in [0.2, 0.25) is 11.8 Å². The van der Waals surface area contributed by atoms with Crippen LogP contribution in [0.1, 0.15) is 33.1 Å². The van der Waals surface area contributed by atoms with E-state index in [2.05, 4.69) is 22.2 Å². The Morgan fingerprint density at radius 2 is 2.16 bits per heavy atom. The summed E-state index contributed by atoms with van der Waals surface area (Å²) in [5, 5.41) is 14.0. The molecule has 0 aliphatic rings. The van der Waals surface area contributed by atoms with Crippen LogP contribution in [0.15, 0.2) is 6.20 Å². The Bertz CT molecular complexity index is 425. The van der Waals surface area contributed by atoms with Crippen LogP contribution in [0.2, 0.25) is 0 Å². The summed E-state index contributed by atoms with van der Waals surface area (Å²) in [6.45, 7) is 5.60. The maximum Gasteiger partial charge on any atom is 0.329 e. The molecule has 0 bridgehead atoms. The van der Waals surface area contributed by atoms with E-state index >= 15 is 0 Å². The van der Waals surface area contributed by atoms with Crippen LogP contribution in [0, 0.1) is 10.1 Å². The van der Waals surface area contributed by atoms with Gasteiger partial charge in [-0.15, -0.1) is 0 Å². The van der Waals surface area contributed by atoms with Crippen LogP contribution in [-0.4, -0.2) is 35.0 Å². The molecule has 0 aromatic carbocycles. The average Bonchev–Trinajstić information content (AvgIpc) is 2.41. The van der Waals surface area contributed by atoms with E-state index in [1.54, 1.807) is 4.90 Å². The first-order valence-electron chi connectivity index (χ1n) is 6.56. The van der Waals surface area contributed by atoms with Gasteiger partial charge in [-0.3, -0.25) is 10.1 Å². The molecule has 1 aromatic rings. The molecule has 1 N–H and O–H groups in total. The zero-order valence-electron chi connectivity index (χ0n) is 11.7. The van der Waals surface area contributed by atoms with Crippen molar-refractivity contribution in [2.75, 3.05) is 30.4 Å². The molecule has 0 saturated carbocycles. The molecule has 0 spiro atoms. The Labute approximate surface area is 113 Å². The van der Waals surface area contributed by atoms with Crippen molar-refractivity contribution in [3.8, 4) is 0 Å². The maximum absolute atomic E-state index is 11.0. The summed E-state index contributed by atoms with van der Waals surface area (Å²) in [6.07, 6.45) is 4.21. The number of rotatable bonds is 8. The van der Waals surface area contributed by atoms with Crippen molar-refractivity contribution < 1.29 is 4.92 Å². The van der Waals surface area contributed by atoms with Crippen molar-refractivity contribution in [1.82, 2.24) is 9.97 Å². The van der Waals surface area contributed by atoms with Crippen LogP contribution in [-0.2, 0) is 0 Å². The van der Waals surface area contributed by atoms with Gasteiger partial charge in [0, 0.05) is 20.1 Å². The van der Waals surface area contributed by atoms with E-state index in [0.717, 1.165) is 32.4 Å². The third kappa shape index (κ3) is 4.35. The Balaban J connectivity index is 2.97. The molecule has 7 nitrogen and oxygen atoms in total. The molecule has 0 aliphatic heterocycles.